The summed E-state index contributed by atoms with van der Waals surface area (Å²) < 4.78 is 0. The zero-order valence-electron chi connectivity index (χ0n) is 22.7. The van der Waals surface area contributed by atoms with Gasteiger partial charge in [0.1, 0.15) is 0 Å². The van der Waals surface area contributed by atoms with E-state index in [9.17, 15) is 9.90 Å². The number of nitrogens with one attached hydrogen (secondary N) is 2. The molecule has 4 aromatic rings. The van der Waals surface area contributed by atoms with Crippen LogP contribution in [0.25, 0.3) is 22.2 Å². The first-order valence-electron chi connectivity index (χ1n) is 14.2. The van der Waals surface area contributed by atoms with Crippen LogP contribution >= 0.6 is 0 Å². The molecule has 0 saturated carbocycles. The van der Waals surface area contributed by atoms with Gasteiger partial charge in [0, 0.05) is 74.6 Å². The third-order valence-electron chi connectivity index (χ3n) is 7.94. The van der Waals surface area contributed by atoms with Gasteiger partial charge in [-0.25, -0.2) is 14.8 Å². The molecule has 2 aliphatic heterocycles. The number of pyridine rings is 2. The van der Waals surface area contributed by atoms with Crippen LogP contribution in [0.15, 0.2) is 79.0 Å². The summed E-state index contributed by atoms with van der Waals surface area (Å²) in [5.74, 6) is 0. The molecule has 0 spiro atoms. The Labute approximate surface area is 235 Å². The van der Waals surface area contributed by atoms with E-state index in [0.717, 1.165) is 79.0 Å². The van der Waals surface area contributed by atoms with E-state index in [1.807, 2.05) is 60.7 Å². The molecule has 2 aromatic heterocycles. The summed E-state index contributed by atoms with van der Waals surface area (Å²) >= 11 is 0. The van der Waals surface area contributed by atoms with E-state index in [1.54, 1.807) is 6.20 Å². The average Bonchev–Trinajstić information content (AvgIpc) is 2.98. The van der Waals surface area contributed by atoms with E-state index in [-0.39, 0.29) is 12.1 Å². The van der Waals surface area contributed by atoms with Gasteiger partial charge in [0.05, 0.1) is 11.8 Å². The molecule has 8 nitrogen and oxygen atoms in total. The second-order valence-corrected chi connectivity index (χ2v) is 10.9. The number of aromatic nitrogens is 2. The standard InChI is InChI=1S/C32H36N6O2/c39-27(22-38-18-14-29-25(20-38)19-24-9-6-15-33-31(24)35-29)21-37-16-12-26(13-17-37)34-32(40)36-30-11-5-4-10-28(30)23-7-2-1-3-8-23/h1-11,15,19,26-27,39H,12-14,16-18,20-22H2,(H2,34,36,40). The van der Waals surface area contributed by atoms with Crippen LogP contribution in [0.2, 0.25) is 0 Å². The van der Waals surface area contributed by atoms with Crippen LogP contribution in [0.1, 0.15) is 24.1 Å². The second-order valence-electron chi connectivity index (χ2n) is 10.9. The lowest BCUT2D eigenvalue weighted by Crippen LogP contribution is -2.49. The second kappa shape index (κ2) is 12.1. The number of likely N-dealkylation sites (tertiary alicyclic amines) is 1. The Morgan fingerprint density at radius 2 is 1.73 bits per heavy atom. The highest BCUT2D eigenvalue weighted by atomic mass is 16.3. The summed E-state index contributed by atoms with van der Waals surface area (Å²) in [6.45, 7) is 4.70. The summed E-state index contributed by atoms with van der Waals surface area (Å²) in [6.07, 6.45) is 3.98. The van der Waals surface area contributed by atoms with Crippen molar-refractivity contribution in [3.05, 3.63) is 90.3 Å². The molecule has 1 atom stereocenters. The van der Waals surface area contributed by atoms with E-state index < -0.39 is 6.10 Å². The molecule has 8 heteroatoms. The van der Waals surface area contributed by atoms with Crippen molar-refractivity contribution in [1.82, 2.24) is 25.1 Å². The van der Waals surface area contributed by atoms with E-state index in [4.69, 9.17) is 4.98 Å². The molecule has 206 valence electrons. The number of β-amino-alcohol motifs (C(OH)–C–C–N with tert-alkyl or cyclic N) is 1. The summed E-state index contributed by atoms with van der Waals surface area (Å²) in [5, 5.41) is 18.1. The number of carbonyl (C=O) groups is 1. The Kier molecular flexibility index (Phi) is 7.99. The molecule has 0 radical (unpaired) electrons. The number of anilines is 1. The van der Waals surface area contributed by atoms with Crippen molar-refractivity contribution < 1.29 is 9.90 Å². The highest BCUT2D eigenvalue weighted by Crippen LogP contribution is 2.27. The van der Waals surface area contributed by atoms with Crippen molar-refractivity contribution in [3.63, 3.8) is 0 Å². The molecule has 3 N–H and O–H groups in total. The minimum Gasteiger partial charge on any atom is -0.390 e. The third-order valence-corrected chi connectivity index (χ3v) is 7.94. The Morgan fingerprint density at radius 3 is 2.58 bits per heavy atom. The van der Waals surface area contributed by atoms with Crippen LogP contribution in [0, 0.1) is 0 Å². The number of hydrogen-bond donors (Lipinski definition) is 3. The van der Waals surface area contributed by atoms with Gasteiger partial charge in [-0.15, -0.1) is 0 Å². The number of piperidine rings is 1. The molecule has 6 rings (SSSR count). The number of aliphatic hydroxyl groups is 1. The van der Waals surface area contributed by atoms with Crippen LogP contribution in [0.3, 0.4) is 0 Å². The fourth-order valence-corrected chi connectivity index (χ4v) is 5.90. The van der Waals surface area contributed by atoms with Gasteiger partial charge in [0.25, 0.3) is 0 Å². The maximum Gasteiger partial charge on any atom is 0.319 e. The Morgan fingerprint density at radius 1 is 0.950 bits per heavy atom. The molecule has 1 saturated heterocycles. The molecule has 2 aliphatic rings. The van der Waals surface area contributed by atoms with Gasteiger partial charge in [-0.2, -0.15) is 0 Å². The summed E-state index contributed by atoms with van der Waals surface area (Å²) in [7, 11) is 0. The average molecular weight is 537 g/mol. The zero-order valence-corrected chi connectivity index (χ0v) is 22.7. The van der Waals surface area contributed by atoms with Crippen molar-refractivity contribution in [1.29, 1.82) is 0 Å². The van der Waals surface area contributed by atoms with Crippen molar-refractivity contribution in [2.45, 2.75) is 38.0 Å². The number of amides is 2. The maximum absolute atomic E-state index is 12.8. The monoisotopic (exact) mass is 536 g/mol. The molecule has 2 aromatic carbocycles. The van der Waals surface area contributed by atoms with E-state index >= 15 is 0 Å². The lowest BCUT2D eigenvalue weighted by atomic mass is 10.0. The van der Waals surface area contributed by atoms with Crippen molar-refractivity contribution in [2.75, 3.05) is 38.0 Å². The molecule has 1 fully saturated rings. The number of para-hydroxylation sites is 1. The number of benzene rings is 2. The van der Waals surface area contributed by atoms with Crippen molar-refractivity contribution in [2.24, 2.45) is 0 Å². The molecular formula is C32H36N6O2. The number of rotatable bonds is 7. The first kappa shape index (κ1) is 26.4. The largest absolute Gasteiger partial charge is 0.390 e. The molecule has 4 heterocycles. The van der Waals surface area contributed by atoms with Gasteiger partial charge in [-0.3, -0.25) is 4.90 Å². The number of carbonyl (C=O) groups excluding carboxylic acids is 1. The van der Waals surface area contributed by atoms with E-state index in [1.165, 1.54) is 5.56 Å². The summed E-state index contributed by atoms with van der Waals surface area (Å²) in [4.78, 5) is 26.6. The van der Waals surface area contributed by atoms with Crippen LogP contribution in [0.4, 0.5) is 10.5 Å². The SMILES string of the molecule is O=C(Nc1ccccc1-c1ccccc1)NC1CCN(CC(O)CN2CCc3nc4ncccc4cc3C2)CC1. The summed E-state index contributed by atoms with van der Waals surface area (Å²) in [6, 6.07) is 24.1. The van der Waals surface area contributed by atoms with E-state index in [0.29, 0.717) is 13.1 Å². The zero-order chi connectivity index (χ0) is 27.3. The van der Waals surface area contributed by atoms with Gasteiger partial charge >= 0.3 is 6.03 Å². The van der Waals surface area contributed by atoms with E-state index in [2.05, 4.69) is 37.6 Å². The molecule has 0 bridgehead atoms. The number of hydrogen-bond acceptors (Lipinski definition) is 6. The Bertz CT molecular complexity index is 1450. The van der Waals surface area contributed by atoms with Gasteiger partial charge in [-0.05, 0) is 48.2 Å². The fraction of sp³-hybridized carbons (Fsp3) is 0.344. The lowest BCUT2D eigenvalue weighted by molar-refractivity contribution is 0.0595. The van der Waals surface area contributed by atoms with Crippen LogP contribution in [0.5, 0.6) is 0 Å². The van der Waals surface area contributed by atoms with Gasteiger partial charge in [0.15, 0.2) is 5.65 Å². The topological polar surface area (TPSA) is 93.6 Å². The predicted molar refractivity (Wildman–Crippen MR) is 158 cm³/mol. The number of urea groups is 1. The van der Waals surface area contributed by atoms with Gasteiger partial charge in [-0.1, -0.05) is 48.5 Å². The summed E-state index contributed by atoms with van der Waals surface area (Å²) in [5.41, 5.74) is 6.03. The predicted octanol–water partition coefficient (Wildman–Crippen LogP) is 4.30. The van der Waals surface area contributed by atoms with Crippen molar-refractivity contribution >= 4 is 22.8 Å². The molecule has 40 heavy (non-hydrogen) atoms. The highest BCUT2D eigenvalue weighted by Gasteiger charge is 2.25. The van der Waals surface area contributed by atoms with Crippen LogP contribution in [-0.2, 0) is 13.0 Å². The highest BCUT2D eigenvalue weighted by molar-refractivity contribution is 5.94. The number of fused-ring (bicyclic) bond motifs is 2. The third kappa shape index (κ3) is 6.31. The van der Waals surface area contributed by atoms with Crippen LogP contribution < -0.4 is 10.6 Å². The smallest absolute Gasteiger partial charge is 0.319 e. The normalized spacial score (nSPS) is 17.3. The quantitative estimate of drug-likeness (QED) is 0.326. The Hall–Kier alpha value is -3.85. The molecule has 2 amide bonds. The lowest BCUT2D eigenvalue weighted by Gasteiger charge is -2.35. The number of aliphatic hydroxyl groups excluding tert-OH is 1. The maximum atomic E-state index is 12.8. The Balaban J connectivity index is 0.954. The molecule has 1 unspecified atom stereocenters. The van der Waals surface area contributed by atoms with Gasteiger partial charge < -0.3 is 20.6 Å². The van der Waals surface area contributed by atoms with Gasteiger partial charge in [0.2, 0.25) is 0 Å². The minimum atomic E-state index is -0.418. The first-order valence-corrected chi connectivity index (χ1v) is 14.2. The van der Waals surface area contributed by atoms with Crippen molar-refractivity contribution in [3.8, 4) is 11.1 Å². The fourth-order valence-electron chi connectivity index (χ4n) is 5.90. The first-order chi connectivity index (χ1) is 19.6. The molecule has 0 aliphatic carbocycles. The minimum absolute atomic E-state index is 0.118. The van der Waals surface area contributed by atoms with Crippen LogP contribution in [-0.4, -0.2) is 75.8 Å². The molecular weight excluding hydrogens is 500 g/mol. The number of nitrogens with zero attached hydrogens (tertiary/aromatic N) is 4.